The van der Waals surface area contributed by atoms with Gasteiger partial charge in [0.2, 0.25) is 0 Å². The third-order valence-corrected chi connectivity index (χ3v) is 3.29. The summed E-state index contributed by atoms with van der Waals surface area (Å²) in [4.78, 5) is 16.0. The number of halogens is 2. The molecule has 112 valence electrons. The Morgan fingerprint density at radius 1 is 1.52 bits per heavy atom. The fraction of sp³-hybridized carbons (Fsp3) is 0.375. The Bertz CT molecular complexity index is 621. The zero-order chi connectivity index (χ0) is 15.6. The van der Waals surface area contributed by atoms with Crippen LogP contribution in [0.1, 0.15) is 42.7 Å². The molecule has 2 atom stereocenters. The molecule has 1 heterocycles. The van der Waals surface area contributed by atoms with Crippen LogP contribution in [-0.2, 0) is 4.74 Å². The maximum absolute atomic E-state index is 13.9. The number of esters is 1. The van der Waals surface area contributed by atoms with Crippen LogP contribution in [0.15, 0.2) is 36.1 Å². The number of hydrogen-bond acceptors (Lipinski definition) is 3. The predicted octanol–water partition coefficient (Wildman–Crippen LogP) is 3.73. The first-order valence-electron chi connectivity index (χ1n) is 6.74. The van der Waals surface area contributed by atoms with Crippen molar-refractivity contribution in [3.63, 3.8) is 0 Å². The van der Waals surface area contributed by atoms with Crippen LogP contribution in [0.25, 0.3) is 0 Å². The SMILES string of the molecule is CCOC(=O)c1cc(F)cnc1C1C=CC(C)(F)C=C1C. The molecule has 1 aliphatic rings. The molecule has 2 unspecified atom stereocenters. The third-order valence-electron chi connectivity index (χ3n) is 3.29. The second-order valence-electron chi connectivity index (χ2n) is 5.18. The van der Waals surface area contributed by atoms with E-state index in [2.05, 4.69) is 4.98 Å². The number of carbonyl (C=O) groups excluding carboxylic acids is 1. The lowest BCUT2D eigenvalue weighted by molar-refractivity contribution is 0.0523. The molecular formula is C16H17F2NO2. The largest absolute Gasteiger partial charge is 0.462 e. The maximum atomic E-state index is 13.9. The highest BCUT2D eigenvalue weighted by molar-refractivity contribution is 5.91. The number of carbonyl (C=O) groups is 1. The Morgan fingerprint density at radius 3 is 2.86 bits per heavy atom. The molecule has 0 spiro atoms. The molecule has 2 rings (SSSR count). The summed E-state index contributed by atoms with van der Waals surface area (Å²) in [6, 6.07) is 1.10. The van der Waals surface area contributed by atoms with Crippen molar-refractivity contribution in [1.29, 1.82) is 0 Å². The number of nitrogens with zero attached hydrogens (tertiary/aromatic N) is 1. The van der Waals surface area contributed by atoms with E-state index in [9.17, 15) is 13.6 Å². The van der Waals surface area contributed by atoms with Crippen molar-refractivity contribution < 1.29 is 18.3 Å². The Hall–Kier alpha value is -2.04. The number of aromatic nitrogens is 1. The summed E-state index contributed by atoms with van der Waals surface area (Å²) in [5.74, 6) is -1.61. The van der Waals surface area contributed by atoms with Gasteiger partial charge in [0.1, 0.15) is 11.5 Å². The molecule has 3 nitrogen and oxygen atoms in total. The number of hydrogen-bond donors (Lipinski definition) is 0. The van der Waals surface area contributed by atoms with E-state index in [-0.39, 0.29) is 18.1 Å². The number of allylic oxidation sites excluding steroid dienone is 4. The van der Waals surface area contributed by atoms with Crippen molar-refractivity contribution in [2.45, 2.75) is 32.4 Å². The van der Waals surface area contributed by atoms with Crippen LogP contribution in [0.2, 0.25) is 0 Å². The van der Waals surface area contributed by atoms with Gasteiger partial charge in [-0.05, 0) is 39.0 Å². The maximum Gasteiger partial charge on any atom is 0.340 e. The van der Waals surface area contributed by atoms with Crippen LogP contribution in [0.4, 0.5) is 8.78 Å². The predicted molar refractivity (Wildman–Crippen MR) is 75.3 cm³/mol. The van der Waals surface area contributed by atoms with Crippen LogP contribution in [0.5, 0.6) is 0 Å². The molecule has 1 aliphatic carbocycles. The zero-order valence-corrected chi connectivity index (χ0v) is 12.2. The van der Waals surface area contributed by atoms with Crippen LogP contribution < -0.4 is 0 Å². The van der Waals surface area contributed by atoms with E-state index in [1.807, 2.05) is 0 Å². The summed E-state index contributed by atoms with van der Waals surface area (Å²) in [7, 11) is 0. The van der Waals surface area contributed by atoms with Gasteiger partial charge < -0.3 is 4.74 Å². The smallest absolute Gasteiger partial charge is 0.340 e. The van der Waals surface area contributed by atoms with E-state index in [1.165, 1.54) is 19.1 Å². The molecule has 1 aromatic rings. The molecule has 5 heteroatoms. The number of ether oxygens (including phenoxy) is 1. The van der Waals surface area contributed by atoms with Gasteiger partial charge >= 0.3 is 5.97 Å². The zero-order valence-electron chi connectivity index (χ0n) is 12.2. The lowest BCUT2D eigenvalue weighted by atomic mass is 9.85. The second kappa shape index (κ2) is 5.76. The second-order valence-corrected chi connectivity index (χ2v) is 5.18. The standard InChI is InChI=1S/C16H17F2NO2/c1-4-21-15(20)13-7-11(17)9-19-14(13)12-5-6-16(3,18)8-10(12)2/h5-9,12H,4H2,1-3H3. The van der Waals surface area contributed by atoms with E-state index in [0.29, 0.717) is 11.3 Å². The van der Waals surface area contributed by atoms with E-state index < -0.39 is 17.5 Å². The summed E-state index contributed by atoms with van der Waals surface area (Å²) >= 11 is 0. The van der Waals surface area contributed by atoms with Crippen LogP contribution >= 0.6 is 0 Å². The Balaban J connectivity index is 2.45. The van der Waals surface area contributed by atoms with Crippen molar-refractivity contribution >= 4 is 5.97 Å². The molecule has 0 fully saturated rings. The van der Waals surface area contributed by atoms with E-state index in [4.69, 9.17) is 4.74 Å². The molecule has 0 amide bonds. The van der Waals surface area contributed by atoms with Crippen molar-refractivity contribution in [2.24, 2.45) is 0 Å². The molecule has 0 N–H and O–H groups in total. The topological polar surface area (TPSA) is 39.2 Å². The van der Waals surface area contributed by atoms with Crippen LogP contribution in [0, 0.1) is 5.82 Å². The average Bonchev–Trinajstić information content (AvgIpc) is 2.39. The lowest BCUT2D eigenvalue weighted by Gasteiger charge is -2.24. The normalized spacial score (nSPS) is 24.6. The van der Waals surface area contributed by atoms with Gasteiger partial charge in [-0.3, -0.25) is 4.98 Å². The molecule has 0 aromatic carbocycles. The quantitative estimate of drug-likeness (QED) is 0.629. The van der Waals surface area contributed by atoms with E-state index in [0.717, 1.165) is 12.3 Å². The summed E-state index contributed by atoms with van der Waals surface area (Å²) in [6.07, 6.45) is 5.56. The van der Waals surface area contributed by atoms with Crippen molar-refractivity contribution in [3.8, 4) is 0 Å². The Labute approximate surface area is 122 Å². The lowest BCUT2D eigenvalue weighted by Crippen LogP contribution is -2.20. The molecule has 0 aliphatic heterocycles. The van der Waals surface area contributed by atoms with Crippen molar-refractivity contribution in [2.75, 3.05) is 6.61 Å². The highest BCUT2D eigenvalue weighted by atomic mass is 19.1. The monoisotopic (exact) mass is 293 g/mol. The Morgan fingerprint density at radius 2 is 2.24 bits per heavy atom. The fourth-order valence-corrected chi connectivity index (χ4v) is 2.40. The van der Waals surface area contributed by atoms with Gasteiger partial charge in [0, 0.05) is 5.92 Å². The van der Waals surface area contributed by atoms with Gasteiger partial charge in [0.05, 0.1) is 24.1 Å². The summed E-state index contributed by atoms with van der Waals surface area (Å²) in [5.41, 5.74) is -0.366. The minimum Gasteiger partial charge on any atom is -0.462 e. The number of rotatable bonds is 3. The highest BCUT2D eigenvalue weighted by Gasteiger charge is 2.28. The van der Waals surface area contributed by atoms with Gasteiger partial charge in [-0.15, -0.1) is 0 Å². The van der Waals surface area contributed by atoms with E-state index in [1.54, 1.807) is 19.9 Å². The first-order chi connectivity index (χ1) is 9.84. The Kier molecular flexibility index (Phi) is 4.21. The molecule has 1 aromatic heterocycles. The molecule has 0 saturated heterocycles. The molecule has 0 bridgehead atoms. The summed E-state index contributed by atoms with van der Waals surface area (Å²) in [6.45, 7) is 5.05. The molecule has 21 heavy (non-hydrogen) atoms. The first-order valence-corrected chi connectivity index (χ1v) is 6.74. The van der Waals surface area contributed by atoms with Gasteiger partial charge in [0.25, 0.3) is 0 Å². The number of alkyl halides is 1. The molecular weight excluding hydrogens is 276 g/mol. The summed E-state index contributed by atoms with van der Waals surface area (Å²) in [5, 5.41) is 0. The van der Waals surface area contributed by atoms with Gasteiger partial charge in [-0.25, -0.2) is 13.6 Å². The minimum absolute atomic E-state index is 0.0710. The van der Waals surface area contributed by atoms with Crippen molar-refractivity contribution in [3.05, 3.63) is 53.1 Å². The number of pyridine rings is 1. The van der Waals surface area contributed by atoms with Crippen LogP contribution in [0.3, 0.4) is 0 Å². The van der Waals surface area contributed by atoms with Crippen molar-refractivity contribution in [1.82, 2.24) is 4.98 Å². The van der Waals surface area contributed by atoms with Crippen LogP contribution in [-0.4, -0.2) is 23.2 Å². The van der Waals surface area contributed by atoms with Gasteiger partial charge in [-0.1, -0.05) is 11.6 Å². The van der Waals surface area contributed by atoms with Gasteiger partial charge in [0.15, 0.2) is 0 Å². The van der Waals surface area contributed by atoms with E-state index >= 15 is 0 Å². The molecule has 0 radical (unpaired) electrons. The summed E-state index contributed by atoms with van der Waals surface area (Å²) < 4.78 is 32.2. The first kappa shape index (κ1) is 15.4. The average molecular weight is 293 g/mol. The molecule has 0 saturated carbocycles. The minimum atomic E-state index is -1.52. The highest BCUT2D eigenvalue weighted by Crippen LogP contribution is 2.34. The van der Waals surface area contributed by atoms with Gasteiger partial charge in [-0.2, -0.15) is 0 Å². The fourth-order valence-electron chi connectivity index (χ4n) is 2.40. The third kappa shape index (κ3) is 3.35.